The Kier molecular flexibility index (Phi) is 20.3. The molecule has 2 aliphatic rings. The van der Waals surface area contributed by atoms with Crippen LogP contribution in [-0.2, 0) is 36.8 Å². The monoisotopic (exact) mass is 909 g/mol. The van der Waals surface area contributed by atoms with E-state index in [1.54, 1.807) is 25.1 Å². The maximum Gasteiger partial charge on any atom is 0.338 e. The molecule has 21 nitrogen and oxygen atoms in total. The van der Waals surface area contributed by atoms with Crippen LogP contribution in [0.2, 0.25) is 0 Å². The molecule has 0 aliphatic carbocycles. The van der Waals surface area contributed by atoms with E-state index in [-0.39, 0.29) is 52.0 Å². The molecule has 1 unspecified atom stereocenters. The number of carbonyl (C=O) groups is 6. The third kappa shape index (κ3) is 13.7. The molecule has 0 spiro atoms. The molecule has 350 valence electrons. The molecule has 1 fully saturated rings. The van der Waals surface area contributed by atoms with Crippen LogP contribution in [0, 0.1) is 44.2 Å². The van der Waals surface area contributed by atoms with Gasteiger partial charge in [0.1, 0.15) is 6.04 Å². The molecule has 0 radical (unpaired) electrons. The Balaban J connectivity index is 0.000000855. The zero-order valence-electron chi connectivity index (χ0n) is 40.3. The van der Waals surface area contributed by atoms with E-state index < -0.39 is 44.6 Å². The van der Waals surface area contributed by atoms with Crippen molar-refractivity contribution in [1.29, 1.82) is 0 Å². The van der Waals surface area contributed by atoms with E-state index in [0.717, 1.165) is 5.56 Å². The lowest BCUT2D eigenvalue weighted by Gasteiger charge is -2.29. The third-order valence-electron chi connectivity index (χ3n) is 9.54. The molecule has 65 heavy (non-hydrogen) atoms. The number of imide groups is 1. The number of nitrogens with one attached hydrogen (secondary N) is 1. The van der Waals surface area contributed by atoms with Crippen molar-refractivity contribution in [2.45, 2.75) is 74.8 Å². The quantitative estimate of drug-likeness (QED) is 0.0439. The van der Waals surface area contributed by atoms with Crippen molar-refractivity contribution in [1.82, 2.24) is 10.2 Å². The molecule has 4 aromatic rings. The second kappa shape index (κ2) is 25.7. The van der Waals surface area contributed by atoms with E-state index in [1.165, 1.54) is 117 Å². The van der Waals surface area contributed by atoms with Gasteiger partial charge in [0.15, 0.2) is 0 Å². The number of fused-ring (bicyclic) bond motifs is 1. The summed E-state index contributed by atoms with van der Waals surface area (Å²) in [6.45, 7) is 5.12. The molecule has 0 saturated carbocycles. The lowest BCUT2D eigenvalue weighted by atomic mass is 10.0. The number of ether oxygens (including phenoxy) is 3. The maximum atomic E-state index is 12.3. The summed E-state index contributed by atoms with van der Waals surface area (Å²) >= 11 is 0. The summed E-state index contributed by atoms with van der Waals surface area (Å²) in [5.41, 5.74) is 9.28. The minimum Gasteiger partial charge on any atom is -0.465 e. The molecule has 21 heteroatoms. The fraction of sp³-hybridized carbons (Fsp3) is 0.318. The van der Waals surface area contributed by atoms with Crippen molar-refractivity contribution in [2.24, 2.45) is 0 Å². The van der Waals surface area contributed by atoms with Crippen molar-refractivity contribution in [3.05, 3.63) is 148 Å². The number of nitrogens with zero attached hydrogens (tertiary/aromatic N) is 4. The van der Waals surface area contributed by atoms with Crippen molar-refractivity contribution in [3.8, 4) is 0 Å². The van der Waals surface area contributed by atoms with Gasteiger partial charge in [-0.3, -0.25) is 50.0 Å². The van der Waals surface area contributed by atoms with Gasteiger partial charge in [-0.05, 0) is 57.0 Å². The summed E-state index contributed by atoms with van der Waals surface area (Å²) in [7, 11) is 7.47. The lowest BCUT2D eigenvalue weighted by Crippen LogP contribution is -2.52. The van der Waals surface area contributed by atoms with Gasteiger partial charge in [0.05, 0.1) is 52.8 Å². The number of methoxy groups -OCH3 is 3. The molecular formula is C44H54N6O15. The average Bonchev–Trinajstić information content (AvgIpc) is 3.69. The number of nitro groups is 3. The van der Waals surface area contributed by atoms with E-state index in [9.17, 15) is 59.1 Å². The predicted molar refractivity (Wildman–Crippen MR) is 239 cm³/mol. The van der Waals surface area contributed by atoms with E-state index in [0.29, 0.717) is 47.3 Å². The summed E-state index contributed by atoms with van der Waals surface area (Å²) < 4.78 is 30.8. The normalized spacial score (nSPS) is 13.2. The lowest BCUT2D eigenvalue weighted by molar-refractivity contribution is -0.385. The van der Waals surface area contributed by atoms with E-state index in [4.69, 9.17) is 9.85 Å². The molecule has 2 heterocycles. The predicted octanol–water partition coefficient (Wildman–Crippen LogP) is 7.26. The van der Waals surface area contributed by atoms with Crippen LogP contribution in [-0.4, -0.2) is 82.7 Å². The number of esters is 3. The summed E-state index contributed by atoms with van der Waals surface area (Å²) in [6, 6.07) is 17.6. The topological polar surface area (TPSA) is 301 Å². The van der Waals surface area contributed by atoms with Crippen LogP contribution in [0.25, 0.3) is 0 Å². The van der Waals surface area contributed by atoms with Gasteiger partial charge in [0.2, 0.25) is 11.8 Å². The first kappa shape index (κ1) is 51.3. The first-order valence-electron chi connectivity index (χ1n) is 21.4. The molecule has 3 N–H and O–H groups in total. The Labute approximate surface area is 379 Å². The van der Waals surface area contributed by atoms with Crippen molar-refractivity contribution in [2.75, 3.05) is 27.1 Å². The van der Waals surface area contributed by atoms with Crippen LogP contribution in [0.3, 0.4) is 0 Å². The van der Waals surface area contributed by atoms with Crippen molar-refractivity contribution >= 4 is 58.4 Å². The fourth-order valence-corrected chi connectivity index (χ4v) is 6.33. The van der Waals surface area contributed by atoms with Gasteiger partial charge in [0, 0.05) is 68.8 Å². The Morgan fingerprint density at radius 3 is 1.54 bits per heavy atom. The Bertz CT molecular complexity index is 2380. The van der Waals surface area contributed by atoms with Crippen LogP contribution < -0.4 is 11.1 Å². The molecule has 6 rings (SSSR count). The number of nitrogens with two attached hydrogens (primary N) is 1. The Morgan fingerprint density at radius 2 is 1.14 bits per heavy atom. The van der Waals surface area contributed by atoms with Crippen LogP contribution in [0.5, 0.6) is 0 Å². The second-order valence-corrected chi connectivity index (χ2v) is 13.1. The number of hydrogen-bond acceptors (Lipinski definition) is 16. The summed E-state index contributed by atoms with van der Waals surface area (Å²) in [4.78, 5) is 101. The number of nitro benzene ring substituents is 3. The van der Waals surface area contributed by atoms with Gasteiger partial charge in [-0.15, -0.1) is 0 Å². The number of carbonyl (C=O) groups excluding carboxylic acids is 6. The standard InChI is InChI=1S/C13H13N3O3.C10H11NO4.2C9H9NO4.3CH4/c14-9-3-1-2-7-8(9)6-16(13(7)19)10-4-5-11(17)15-12(10)18;1-3-7-8(10(12)15-2)5-4-6-9(7)11(13)14;2*1-6-7(9(11)14-2)4-3-5-8(6)10(12)13;;;/h1-3,10H,4-6,14H2,(H,15,17,18);4-6H,3H2,1-2H3;2*3-5H,1-2H3;3*1H4/i;;;;3*1D. The molecule has 3 amide bonds. The number of anilines is 1. The van der Waals surface area contributed by atoms with Crippen LogP contribution in [0.4, 0.5) is 22.7 Å². The highest BCUT2D eigenvalue weighted by molar-refractivity contribution is 6.06. The number of rotatable bonds is 8. The molecule has 0 aromatic heterocycles. The molecular weight excluding hydrogens is 853 g/mol. The Hall–Kier alpha value is -8.10. The summed E-state index contributed by atoms with van der Waals surface area (Å²) in [5, 5.41) is 34.0. The van der Waals surface area contributed by atoms with Gasteiger partial charge >= 0.3 is 17.9 Å². The summed E-state index contributed by atoms with van der Waals surface area (Å²) in [6.07, 6.45) is 1.04. The van der Waals surface area contributed by atoms with Crippen LogP contribution in [0.15, 0.2) is 72.8 Å². The van der Waals surface area contributed by atoms with Gasteiger partial charge in [-0.1, -0.05) is 53.4 Å². The summed E-state index contributed by atoms with van der Waals surface area (Å²) in [5.74, 6) is -2.56. The van der Waals surface area contributed by atoms with Gasteiger partial charge in [-0.25, -0.2) is 14.4 Å². The first-order valence-corrected chi connectivity index (χ1v) is 18.4. The molecule has 1 atom stereocenters. The zero-order valence-corrected chi connectivity index (χ0v) is 37.3. The first-order chi connectivity index (χ1) is 32.3. The van der Waals surface area contributed by atoms with Gasteiger partial charge in [0.25, 0.3) is 23.0 Å². The molecule has 0 bridgehead atoms. The van der Waals surface area contributed by atoms with Crippen molar-refractivity contribution < 1.29 is 61.9 Å². The van der Waals surface area contributed by atoms with E-state index in [2.05, 4.69) is 19.5 Å². The highest BCUT2D eigenvalue weighted by Crippen LogP contribution is 2.31. The van der Waals surface area contributed by atoms with Crippen LogP contribution in [0.1, 0.15) is 110 Å². The van der Waals surface area contributed by atoms with Gasteiger partial charge < -0.3 is 24.8 Å². The largest absolute Gasteiger partial charge is 0.465 e. The smallest absolute Gasteiger partial charge is 0.338 e. The maximum absolute atomic E-state index is 12.3. The van der Waals surface area contributed by atoms with Crippen LogP contribution >= 0.6 is 0 Å². The SMILES string of the molecule is CCc1c(C(=O)OC)cccc1[N+](=O)[O-].COC(=O)c1cccc([N+](=O)[O-])c1C.COC(=O)c1cccc([N+](=O)[O-])c1C.Nc1cccc2c1CN(C1CCC(=O)NC1=O)C2=O.[2H]C.[2H]C.[2H]C. The number of hydrogen-bond donors (Lipinski definition) is 2. The Morgan fingerprint density at radius 1 is 0.723 bits per heavy atom. The molecule has 1 saturated heterocycles. The highest BCUT2D eigenvalue weighted by atomic mass is 16.6. The van der Waals surface area contributed by atoms with Crippen molar-refractivity contribution in [3.63, 3.8) is 0 Å². The minimum atomic E-state index is -0.586. The van der Waals surface area contributed by atoms with E-state index in [1.807, 2.05) is 0 Å². The minimum absolute atomic E-state index is 0.0413. The van der Waals surface area contributed by atoms with Gasteiger partial charge in [-0.2, -0.15) is 0 Å². The zero-order chi connectivity index (χ0) is 52.4. The third-order valence-corrected chi connectivity index (χ3v) is 9.54. The highest BCUT2D eigenvalue weighted by Gasteiger charge is 2.39. The molecule has 2 aliphatic heterocycles. The number of benzene rings is 4. The number of amides is 3. The number of piperidine rings is 1. The fourth-order valence-electron chi connectivity index (χ4n) is 6.33. The van der Waals surface area contributed by atoms with E-state index >= 15 is 0 Å². The second-order valence-electron chi connectivity index (χ2n) is 13.1. The molecule has 4 aromatic carbocycles. The number of nitrogen functional groups attached to an aromatic ring is 1. The average molecular weight is 910 g/mol.